The van der Waals surface area contributed by atoms with Crippen molar-refractivity contribution in [2.45, 2.75) is 129 Å². The van der Waals surface area contributed by atoms with E-state index < -0.39 is 0 Å². The van der Waals surface area contributed by atoms with Crippen LogP contribution in [0.1, 0.15) is 129 Å². The average Bonchev–Trinajstić information content (AvgIpc) is 2.68. The van der Waals surface area contributed by atoms with Crippen molar-refractivity contribution in [1.29, 1.82) is 0 Å². The van der Waals surface area contributed by atoms with Crippen LogP contribution < -0.4 is 0 Å². The zero-order valence-corrected chi connectivity index (χ0v) is 20.7. The molecule has 0 saturated heterocycles. The topological polar surface area (TPSA) is 20.2 Å². The van der Waals surface area contributed by atoms with Crippen molar-refractivity contribution in [2.75, 3.05) is 18.1 Å². The molecule has 0 amide bonds. The van der Waals surface area contributed by atoms with Crippen LogP contribution >= 0.6 is 31.4 Å². The van der Waals surface area contributed by atoms with Crippen LogP contribution in [-0.4, -0.2) is 23.2 Å². The Kier molecular flexibility index (Phi) is 28.0. The molecule has 1 N–H and O–H groups in total. The van der Waals surface area contributed by atoms with Gasteiger partial charge in [0.2, 0.25) is 0 Å². The maximum atomic E-state index is 8.73. The molecule has 0 rings (SSSR count). The maximum Gasteiger partial charge on any atom is 0.0431 e. The van der Waals surface area contributed by atoms with Crippen molar-refractivity contribution >= 4 is 31.4 Å². The number of hydrogen-bond acceptors (Lipinski definition) is 4. The molecule has 164 valence electrons. The van der Waals surface area contributed by atoms with Crippen molar-refractivity contribution in [3.05, 3.63) is 0 Å². The van der Waals surface area contributed by atoms with Crippen molar-refractivity contribution in [2.24, 2.45) is 0 Å². The number of aliphatic hydroxyl groups is 1. The molecule has 27 heavy (non-hydrogen) atoms. The van der Waals surface area contributed by atoms with Gasteiger partial charge in [-0.1, -0.05) is 131 Å². The van der Waals surface area contributed by atoms with E-state index in [4.69, 9.17) is 5.11 Å². The van der Waals surface area contributed by atoms with Gasteiger partial charge in [0, 0.05) is 18.1 Å². The van der Waals surface area contributed by atoms with Crippen LogP contribution in [0.2, 0.25) is 0 Å². The molecule has 0 aliphatic heterocycles. The van der Waals surface area contributed by atoms with E-state index in [-0.39, 0.29) is 0 Å². The molecule has 0 radical (unpaired) electrons. The first kappa shape index (κ1) is 28.0. The van der Waals surface area contributed by atoms with Crippen LogP contribution in [0.4, 0.5) is 0 Å². The summed E-state index contributed by atoms with van der Waals surface area (Å²) < 4.78 is 0. The molecule has 0 fully saturated rings. The highest BCUT2D eigenvalue weighted by molar-refractivity contribution is 9.09. The van der Waals surface area contributed by atoms with Gasteiger partial charge in [0.15, 0.2) is 0 Å². The number of aliphatic hydroxyl groups excluding tert-OH is 1. The Morgan fingerprint density at radius 2 is 0.778 bits per heavy atom. The van der Waals surface area contributed by atoms with Gasteiger partial charge in [-0.25, -0.2) is 0 Å². The molecular formula is C23H48OS3. The van der Waals surface area contributed by atoms with Gasteiger partial charge in [-0.05, 0) is 29.1 Å². The van der Waals surface area contributed by atoms with E-state index in [1.165, 1.54) is 127 Å². The van der Waals surface area contributed by atoms with Crippen LogP contribution in [0.5, 0.6) is 0 Å². The molecule has 0 aliphatic carbocycles. The molecule has 0 aromatic heterocycles. The van der Waals surface area contributed by atoms with Crippen LogP contribution in [0.3, 0.4) is 0 Å². The molecule has 0 heterocycles. The van der Waals surface area contributed by atoms with E-state index in [1.54, 1.807) is 0 Å². The fourth-order valence-corrected chi connectivity index (χ4v) is 7.27. The van der Waals surface area contributed by atoms with Crippen molar-refractivity contribution in [1.82, 2.24) is 0 Å². The quantitative estimate of drug-likeness (QED) is 0.120. The molecular weight excluding hydrogens is 388 g/mol. The highest BCUT2D eigenvalue weighted by atomic mass is 33.5. The lowest BCUT2D eigenvalue weighted by Crippen LogP contribution is -1.85. The predicted octanol–water partition coefficient (Wildman–Crippen LogP) is 9.44. The molecule has 0 atom stereocenters. The Bertz CT molecular complexity index is 228. The Labute approximate surface area is 183 Å². The Hall–Kier alpha value is 1.01. The summed E-state index contributed by atoms with van der Waals surface area (Å²) in [5.74, 6) is 2.66. The van der Waals surface area contributed by atoms with Crippen molar-refractivity contribution < 1.29 is 5.11 Å². The van der Waals surface area contributed by atoms with Crippen LogP contribution in [-0.2, 0) is 0 Å². The Morgan fingerprint density at radius 3 is 1.15 bits per heavy atom. The predicted molar refractivity (Wildman–Crippen MR) is 133 cm³/mol. The monoisotopic (exact) mass is 436 g/mol. The largest absolute Gasteiger partial charge is 0.396 e. The fraction of sp³-hybridized carbons (Fsp3) is 1.00. The van der Waals surface area contributed by atoms with Gasteiger partial charge in [-0.2, -0.15) is 0 Å². The van der Waals surface area contributed by atoms with E-state index in [1.807, 2.05) is 9.83 Å². The minimum absolute atomic E-state index is 0.368. The standard InChI is InChI=1S/C23H48OS3/c1-2-3-4-5-6-7-10-13-16-19-22-25-27-26-23-20-17-14-11-8-9-12-15-18-21-24/h24H,2-23H2,1H3. The molecule has 0 unspecified atom stereocenters. The van der Waals surface area contributed by atoms with E-state index in [2.05, 4.69) is 28.5 Å². The van der Waals surface area contributed by atoms with E-state index in [0.29, 0.717) is 6.61 Å². The van der Waals surface area contributed by atoms with E-state index in [0.717, 1.165) is 6.42 Å². The second-order valence-corrected chi connectivity index (χ2v) is 12.3. The van der Waals surface area contributed by atoms with Gasteiger partial charge < -0.3 is 5.11 Å². The Morgan fingerprint density at radius 1 is 0.444 bits per heavy atom. The van der Waals surface area contributed by atoms with E-state index in [9.17, 15) is 0 Å². The third-order valence-electron chi connectivity index (χ3n) is 5.06. The van der Waals surface area contributed by atoms with Gasteiger partial charge in [-0.15, -0.1) is 0 Å². The molecule has 4 heteroatoms. The molecule has 0 spiro atoms. The number of hydrogen-bond donors (Lipinski definition) is 1. The number of unbranched alkanes of at least 4 members (excludes halogenated alkanes) is 17. The lowest BCUT2D eigenvalue weighted by molar-refractivity contribution is 0.282. The molecule has 0 aliphatic rings. The van der Waals surface area contributed by atoms with Gasteiger partial charge in [0.25, 0.3) is 0 Å². The first-order valence-corrected chi connectivity index (χ1v) is 15.8. The molecule has 1 nitrogen and oxygen atoms in total. The summed E-state index contributed by atoms with van der Waals surface area (Å²) in [6.45, 7) is 2.66. The zero-order valence-electron chi connectivity index (χ0n) is 18.2. The summed E-state index contributed by atoms with van der Waals surface area (Å²) in [6, 6.07) is 0. The maximum absolute atomic E-state index is 8.73. The van der Waals surface area contributed by atoms with Gasteiger partial charge in [0.05, 0.1) is 0 Å². The Balaban J connectivity index is 2.95. The average molecular weight is 437 g/mol. The zero-order chi connectivity index (χ0) is 19.7. The summed E-state index contributed by atoms with van der Waals surface area (Å²) in [5.41, 5.74) is 0. The fourth-order valence-electron chi connectivity index (χ4n) is 3.26. The van der Waals surface area contributed by atoms with Gasteiger partial charge in [0.1, 0.15) is 0 Å². The highest BCUT2D eigenvalue weighted by Gasteiger charge is 1.96. The normalized spacial score (nSPS) is 11.3. The van der Waals surface area contributed by atoms with Crippen LogP contribution in [0.25, 0.3) is 0 Å². The summed E-state index contributed by atoms with van der Waals surface area (Å²) in [6.07, 6.45) is 26.3. The minimum atomic E-state index is 0.368. The van der Waals surface area contributed by atoms with Crippen LogP contribution in [0.15, 0.2) is 0 Å². The minimum Gasteiger partial charge on any atom is -0.396 e. The second-order valence-electron chi connectivity index (χ2n) is 7.80. The molecule has 0 aromatic carbocycles. The van der Waals surface area contributed by atoms with Gasteiger partial charge >= 0.3 is 0 Å². The van der Waals surface area contributed by atoms with Crippen molar-refractivity contribution in [3.63, 3.8) is 0 Å². The van der Waals surface area contributed by atoms with E-state index >= 15 is 0 Å². The third-order valence-corrected chi connectivity index (χ3v) is 9.48. The highest BCUT2D eigenvalue weighted by Crippen LogP contribution is 2.35. The third kappa shape index (κ3) is 27.0. The second kappa shape index (κ2) is 27.0. The SMILES string of the molecule is CCCCCCCCCCCCSSSCCCCCCCCCCCO. The summed E-state index contributed by atoms with van der Waals surface area (Å²) in [7, 11) is 6.17. The number of rotatable bonds is 24. The molecule has 0 bridgehead atoms. The summed E-state index contributed by atoms with van der Waals surface area (Å²) >= 11 is 0. The lowest BCUT2D eigenvalue weighted by atomic mass is 10.1. The van der Waals surface area contributed by atoms with Gasteiger partial charge in [-0.3, -0.25) is 0 Å². The lowest BCUT2D eigenvalue weighted by Gasteiger charge is -2.03. The molecule has 0 aromatic rings. The smallest absolute Gasteiger partial charge is 0.0431 e. The summed E-state index contributed by atoms with van der Waals surface area (Å²) in [4.78, 5) is 0. The van der Waals surface area contributed by atoms with Crippen molar-refractivity contribution in [3.8, 4) is 0 Å². The first-order chi connectivity index (χ1) is 13.4. The van der Waals surface area contributed by atoms with Crippen LogP contribution in [0, 0.1) is 0 Å². The molecule has 0 saturated carbocycles. The summed E-state index contributed by atoms with van der Waals surface area (Å²) in [5, 5.41) is 8.73. The first-order valence-electron chi connectivity index (χ1n) is 11.9.